The zero-order valence-corrected chi connectivity index (χ0v) is 19.8. The van der Waals surface area contributed by atoms with Gasteiger partial charge < -0.3 is 15.0 Å². The van der Waals surface area contributed by atoms with Crippen LogP contribution in [0, 0.1) is 17.2 Å². The molecule has 2 unspecified atom stereocenters. The molecule has 3 heterocycles. The minimum absolute atomic E-state index is 0.0357. The Labute approximate surface area is 190 Å². The number of likely N-dealkylation sites (tertiary alicyclic amines) is 1. The Hall–Kier alpha value is -1.46. The van der Waals surface area contributed by atoms with Crippen molar-refractivity contribution < 1.29 is 9.53 Å². The third kappa shape index (κ3) is 5.87. The molecule has 2 atom stereocenters. The lowest BCUT2D eigenvalue weighted by molar-refractivity contribution is -0.116. The first-order valence-electron chi connectivity index (χ1n) is 12.0. The first-order valence-corrected chi connectivity index (χ1v) is 12.8. The summed E-state index contributed by atoms with van der Waals surface area (Å²) in [5.74, 6) is 0.784. The molecule has 6 nitrogen and oxygen atoms in total. The second-order valence-corrected chi connectivity index (χ2v) is 10.7. The molecule has 4 rings (SSSR count). The second-order valence-electron chi connectivity index (χ2n) is 9.59. The van der Waals surface area contributed by atoms with E-state index in [-0.39, 0.29) is 5.91 Å². The van der Waals surface area contributed by atoms with Gasteiger partial charge >= 0.3 is 0 Å². The van der Waals surface area contributed by atoms with Crippen molar-refractivity contribution in [2.45, 2.75) is 71.0 Å². The molecule has 1 N–H and O–H groups in total. The van der Waals surface area contributed by atoms with E-state index in [1.807, 2.05) is 0 Å². The number of amides is 1. The fourth-order valence-corrected chi connectivity index (χ4v) is 6.67. The molecule has 1 aromatic heterocycles. The van der Waals surface area contributed by atoms with Gasteiger partial charge in [-0.3, -0.25) is 9.69 Å². The number of fused-ring (bicyclic) bond motifs is 1. The highest BCUT2D eigenvalue weighted by Crippen LogP contribution is 2.37. The third-order valence-electron chi connectivity index (χ3n) is 6.91. The van der Waals surface area contributed by atoms with Crippen LogP contribution in [-0.2, 0) is 22.4 Å². The van der Waals surface area contributed by atoms with Gasteiger partial charge in [0.1, 0.15) is 11.1 Å². The van der Waals surface area contributed by atoms with E-state index in [1.165, 1.54) is 36.2 Å². The number of morpholine rings is 1. The summed E-state index contributed by atoms with van der Waals surface area (Å²) in [4.78, 5) is 18.9. The molecule has 1 aromatic rings. The maximum Gasteiger partial charge on any atom is 0.226 e. The molecule has 1 aliphatic carbocycles. The minimum Gasteiger partial charge on any atom is -0.373 e. The minimum atomic E-state index is 0.0357. The molecule has 0 radical (unpaired) electrons. The zero-order valence-electron chi connectivity index (χ0n) is 19.0. The third-order valence-corrected chi connectivity index (χ3v) is 8.12. The van der Waals surface area contributed by atoms with Crippen molar-refractivity contribution in [1.82, 2.24) is 9.80 Å². The Morgan fingerprint density at radius 2 is 1.87 bits per heavy atom. The number of piperidine rings is 1. The van der Waals surface area contributed by atoms with Crippen molar-refractivity contribution in [1.29, 1.82) is 5.26 Å². The number of carbonyl (C=O) groups excluding carboxylic acids is 1. The van der Waals surface area contributed by atoms with Crippen LogP contribution in [-0.4, -0.2) is 67.2 Å². The van der Waals surface area contributed by atoms with Crippen LogP contribution in [0.1, 0.15) is 62.0 Å². The molecule has 2 saturated heterocycles. The molecule has 0 spiro atoms. The topological polar surface area (TPSA) is 68.6 Å². The van der Waals surface area contributed by atoms with Gasteiger partial charge in [0.2, 0.25) is 5.91 Å². The molecule has 1 amide bonds. The number of hydrogen-bond acceptors (Lipinski definition) is 6. The number of ether oxygens (including phenoxy) is 1. The normalized spacial score (nSPS) is 25.7. The lowest BCUT2D eigenvalue weighted by Gasteiger charge is -2.39. The quantitative estimate of drug-likeness (QED) is 0.725. The van der Waals surface area contributed by atoms with Crippen molar-refractivity contribution in [3.8, 4) is 6.07 Å². The van der Waals surface area contributed by atoms with Crippen LogP contribution >= 0.6 is 11.3 Å². The van der Waals surface area contributed by atoms with E-state index in [2.05, 4.69) is 35.0 Å². The number of rotatable bonds is 6. The monoisotopic (exact) mass is 444 g/mol. The van der Waals surface area contributed by atoms with Crippen molar-refractivity contribution in [3.63, 3.8) is 0 Å². The molecule has 3 aliphatic rings. The lowest BCUT2D eigenvalue weighted by Crippen LogP contribution is -2.48. The zero-order chi connectivity index (χ0) is 21.8. The molecule has 7 heteroatoms. The van der Waals surface area contributed by atoms with E-state index in [4.69, 9.17) is 4.74 Å². The second kappa shape index (κ2) is 10.4. The fraction of sp³-hybridized carbons (Fsp3) is 0.750. The summed E-state index contributed by atoms with van der Waals surface area (Å²) in [5, 5.41) is 13.4. The van der Waals surface area contributed by atoms with Crippen molar-refractivity contribution in [2.75, 3.05) is 44.6 Å². The van der Waals surface area contributed by atoms with E-state index in [1.54, 1.807) is 11.3 Å². The molecule has 31 heavy (non-hydrogen) atoms. The maximum atomic E-state index is 12.6. The Morgan fingerprint density at radius 1 is 1.16 bits per heavy atom. The Kier molecular flexibility index (Phi) is 7.65. The number of nitriles is 1. The van der Waals surface area contributed by atoms with E-state index < -0.39 is 0 Å². The number of aryl methyl sites for hydroxylation is 1. The van der Waals surface area contributed by atoms with Gasteiger partial charge in [-0.25, -0.2) is 0 Å². The summed E-state index contributed by atoms with van der Waals surface area (Å²) >= 11 is 1.61. The van der Waals surface area contributed by atoms with Crippen LogP contribution in [0.15, 0.2) is 0 Å². The van der Waals surface area contributed by atoms with Crippen LogP contribution < -0.4 is 5.32 Å². The summed E-state index contributed by atoms with van der Waals surface area (Å²) in [7, 11) is 0. The van der Waals surface area contributed by atoms with E-state index >= 15 is 0 Å². The Morgan fingerprint density at radius 3 is 2.58 bits per heavy atom. The highest BCUT2D eigenvalue weighted by Gasteiger charge is 2.27. The van der Waals surface area contributed by atoms with Gasteiger partial charge in [-0.1, -0.05) is 0 Å². The fourth-order valence-electron chi connectivity index (χ4n) is 5.41. The number of thiophene rings is 1. The van der Waals surface area contributed by atoms with Gasteiger partial charge in [0.15, 0.2) is 0 Å². The summed E-state index contributed by atoms with van der Waals surface area (Å²) in [6.07, 6.45) is 7.92. The van der Waals surface area contributed by atoms with Crippen molar-refractivity contribution in [2.24, 2.45) is 5.92 Å². The van der Waals surface area contributed by atoms with Crippen LogP contribution in [0.2, 0.25) is 0 Å². The number of nitrogens with one attached hydrogen (secondary N) is 1. The molecular weight excluding hydrogens is 408 g/mol. The number of hydrogen-bond donors (Lipinski definition) is 1. The SMILES string of the molecule is CC1CN(CC2CCN(CCC(=O)Nc3sc4c(c3C#N)CCCC4)CC2)CC(C)O1. The molecule has 0 aromatic carbocycles. The van der Waals surface area contributed by atoms with E-state index in [0.717, 1.165) is 62.9 Å². The van der Waals surface area contributed by atoms with Crippen LogP contribution in [0.4, 0.5) is 5.00 Å². The van der Waals surface area contributed by atoms with E-state index in [9.17, 15) is 10.1 Å². The van der Waals surface area contributed by atoms with Crippen LogP contribution in [0.25, 0.3) is 0 Å². The average molecular weight is 445 g/mol. The molecule has 0 bridgehead atoms. The summed E-state index contributed by atoms with van der Waals surface area (Å²) in [6, 6.07) is 2.33. The average Bonchev–Trinajstić information content (AvgIpc) is 3.09. The molecule has 170 valence electrons. The van der Waals surface area contributed by atoms with Gasteiger partial charge in [-0.15, -0.1) is 11.3 Å². The number of anilines is 1. The van der Waals surface area contributed by atoms with Gasteiger partial charge in [0.05, 0.1) is 17.8 Å². The Balaban J connectivity index is 1.19. The highest BCUT2D eigenvalue weighted by atomic mass is 32.1. The highest BCUT2D eigenvalue weighted by molar-refractivity contribution is 7.16. The van der Waals surface area contributed by atoms with Gasteiger partial charge in [0.25, 0.3) is 0 Å². The van der Waals surface area contributed by atoms with Crippen LogP contribution in [0.3, 0.4) is 0 Å². The van der Waals surface area contributed by atoms with Crippen LogP contribution in [0.5, 0.6) is 0 Å². The summed E-state index contributed by atoms with van der Waals surface area (Å²) < 4.78 is 5.85. The van der Waals surface area contributed by atoms with Crippen molar-refractivity contribution in [3.05, 3.63) is 16.0 Å². The smallest absolute Gasteiger partial charge is 0.226 e. The van der Waals surface area contributed by atoms with Gasteiger partial charge in [-0.2, -0.15) is 5.26 Å². The maximum absolute atomic E-state index is 12.6. The first-order chi connectivity index (χ1) is 15.0. The first kappa shape index (κ1) is 22.7. The number of nitrogens with zero attached hydrogens (tertiary/aromatic N) is 3. The van der Waals surface area contributed by atoms with Gasteiger partial charge in [-0.05, 0) is 76.9 Å². The molecule has 2 aliphatic heterocycles. The summed E-state index contributed by atoms with van der Waals surface area (Å²) in [6.45, 7) is 10.5. The largest absolute Gasteiger partial charge is 0.373 e. The molecular formula is C24H36N4O2S. The van der Waals surface area contributed by atoms with Crippen molar-refractivity contribution >= 4 is 22.2 Å². The standard InChI is InChI=1S/C24H36N4O2S/c1-17-14-28(15-18(2)30-17)16-19-7-10-27(11-8-19)12-9-23(29)26-24-21(13-25)20-5-3-4-6-22(20)31-24/h17-19H,3-12,14-16H2,1-2H3,(H,26,29). The predicted molar refractivity (Wildman–Crippen MR) is 125 cm³/mol. The lowest BCUT2D eigenvalue weighted by atomic mass is 9.95. The summed E-state index contributed by atoms with van der Waals surface area (Å²) in [5.41, 5.74) is 1.89. The Bertz CT molecular complexity index is 799. The van der Waals surface area contributed by atoms with E-state index in [0.29, 0.717) is 24.2 Å². The van der Waals surface area contributed by atoms with Gasteiger partial charge in [0, 0.05) is 37.5 Å². The molecule has 0 saturated carbocycles. The number of carbonyl (C=O) groups is 1. The molecule has 2 fully saturated rings. The predicted octanol–water partition coefficient (Wildman–Crippen LogP) is 3.65.